The zero-order chi connectivity index (χ0) is 15.5. The number of ketones is 1. The van der Waals surface area contributed by atoms with E-state index in [-0.39, 0.29) is 28.5 Å². The number of anilines is 1. The van der Waals surface area contributed by atoms with E-state index in [9.17, 15) is 14.4 Å². The number of halogens is 1. The average molecular weight is 298 g/mol. The molecule has 5 nitrogen and oxygen atoms in total. The number of Topliss-reactive ketones (excluding diaryl/α,β-unsaturated/α-hetero) is 1. The van der Waals surface area contributed by atoms with Gasteiger partial charge in [0.25, 0.3) is 0 Å². The number of nitrogens with one attached hydrogen (secondary N) is 1. The van der Waals surface area contributed by atoms with E-state index >= 15 is 0 Å². The van der Waals surface area contributed by atoms with Crippen LogP contribution in [0.3, 0.4) is 0 Å². The summed E-state index contributed by atoms with van der Waals surface area (Å²) in [6.45, 7) is 5.17. The molecule has 0 spiro atoms. The topological polar surface area (TPSA) is 83.5 Å². The first-order chi connectivity index (χ1) is 9.11. The molecule has 0 heterocycles. The number of amides is 1. The van der Waals surface area contributed by atoms with Crippen LogP contribution in [-0.2, 0) is 9.59 Å². The van der Waals surface area contributed by atoms with E-state index in [1.54, 1.807) is 20.8 Å². The maximum absolute atomic E-state index is 11.8. The highest BCUT2D eigenvalue weighted by atomic mass is 35.5. The number of aromatic carboxylic acids is 1. The number of hydrogen-bond donors (Lipinski definition) is 2. The van der Waals surface area contributed by atoms with Crippen molar-refractivity contribution in [2.24, 2.45) is 5.41 Å². The van der Waals surface area contributed by atoms with Crippen LogP contribution in [0.2, 0.25) is 5.02 Å². The molecule has 0 unspecified atom stereocenters. The van der Waals surface area contributed by atoms with Gasteiger partial charge in [0.05, 0.1) is 22.7 Å². The third kappa shape index (κ3) is 4.35. The molecule has 2 N–H and O–H groups in total. The van der Waals surface area contributed by atoms with E-state index in [4.69, 9.17) is 16.7 Å². The molecule has 0 fully saturated rings. The lowest BCUT2D eigenvalue weighted by Gasteiger charge is -2.16. The number of benzene rings is 1. The Labute approximate surface area is 121 Å². The van der Waals surface area contributed by atoms with E-state index in [1.807, 2.05) is 0 Å². The van der Waals surface area contributed by atoms with Crippen LogP contribution in [0.15, 0.2) is 18.2 Å². The van der Waals surface area contributed by atoms with Gasteiger partial charge in [0, 0.05) is 5.41 Å². The number of carboxylic acids is 1. The van der Waals surface area contributed by atoms with Gasteiger partial charge in [-0.1, -0.05) is 32.4 Å². The van der Waals surface area contributed by atoms with Crippen LogP contribution in [-0.4, -0.2) is 22.8 Å². The maximum atomic E-state index is 11.8. The van der Waals surface area contributed by atoms with E-state index < -0.39 is 17.3 Å². The molecule has 0 bridgehead atoms. The van der Waals surface area contributed by atoms with Crippen molar-refractivity contribution in [3.63, 3.8) is 0 Å². The predicted molar refractivity (Wildman–Crippen MR) is 76.1 cm³/mol. The molecule has 20 heavy (non-hydrogen) atoms. The first-order valence-electron chi connectivity index (χ1n) is 5.97. The minimum absolute atomic E-state index is 0.00634. The fourth-order valence-electron chi connectivity index (χ4n) is 1.36. The molecular weight excluding hydrogens is 282 g/mol. The number of carbonyl (C=O) groups is 3. The van der Waals surface area contributed by atoms with Gasteiger partial charge in [-0.15, -0.1) is 0 Å². The van der Waals surface area contributed by atoms with Crippen molar-refractivity contribution < 1.29 is 19.5 Å². The third-order valence-electron chi connectivity index (χ3n) is 2.65. The minimum atomic E-state index is -1.12. The first kappa shape index (κ1) is 16.2. The van der Waals surface area contributed by atoms with E-state index in [0.717, 1.165) is 0 Å². The molecule has 0 radical (unpaired) electrons. The molecule has 1 aromatic carbocycles. The van der Waals surface area contributed by atoms with Crippen molar-refractivity contribution in [2.75, 3.05) is 5.32 Å². The van der Waals surface area contributed by atoms with Crippen molar-refractivity contribution in [3.8, 4) is 0 Å². The minimum Gasteiger partial charge on any atom is -0.478 e. The van der Waals surface area contributed by atoms with Crippen LogP contribution in [0.5, 0.6) is 0 Å². The van der Waals surface area contributed by atoms with Crippen molar-refractivity contribution >= 4 is 34.9 Å². The molecule has 1 rings (SSSR count). The van der Waals surface area contributed by atoms with Gasteiger partial charge in [0.1, 0.15) is 5.78 Å². The quantitative estimate of drug-likeness (QED) is 0.837. The Balaban J connectivity index is 2.83. The number of rotatable bonds is 4. The van der Waals surface area contributed by atoms with Crippen LogP contribution < -0.4 is 5.32 Å². The lowest BCUT2D eigenvalue weighted by atomic mass is 9.89. The molecule has 0 aliphatic rings. The molecule has 0 aromatic heterocycles. The van der Waals surface area contributed by atoms with Crippen molar-refractivity contribution in [1.82, 2.24) is 0 Å². The predicted octanol–water partition coefficient (Wildman–Crippen LogP) is 2.98. The Bertz CT molecular complexity index is 561. The molecule has 0 aliphatic heterocycles. The molecule has 0 aliphatic carbocycles. The lowest BCUT2D eigenvalue weighted by Crippen LogP contribution is -2.26. The van der Waals surface area contributed by atoms with Crippen LogP contribution in [0.4, 0.5) is 5.69 Å². The maximum Gasteiger partial charge on any atom is 0.335 e. The van der Waals surface area contributed by atoms with Gasteiger partial charge in [-0.2, -0.15) is 0 Å². The second-order valence-electron chi connectivity index (χ2n) is 5.40. The fourth-order valence-corrected chi connectivity index (χ4v) is 1.52. The average Bonchev–Trinajstić information content (AvgIpc) is 2.30. The molecule has 1 aromatic rings. The fraction of sp³-hybridized carbons (Fsp3) is 0.357. The highest BCUT2D eigenvalue weighted by Gasteiger charge is 2.24. The molecular formula is C14H16ClNO4. The first-order valence-corrected chi connectivity index (χ1v) is 6.35. The summed E-state index contributed by atoms with van der Waals surface area (Å²) >= 11 is 5.88. The second-order valence-corrected chi connectivity index (χ2v) is 5.81. The Morgan fingerprint density at radius 3 is 2.35 bits per heavy atom. The van der Waals surface area contributed by atoms with Gasteiger partial charge in [-0.25, -0.2) is 4.79 Å². The largest absolute Gasteiger partial charge is 0.478 e. The zero-order valence-electron chi connectivity index (χ0n) is 11.5. The smallest absolute Gasteiger partial charge is 0.335 e. The van der Waals surface area contributed by atoms with Gasteiger partial charge in [0.15, 0.2) is 0 Å². The normalized spacial score (nSPS) is 11.0. The molecule has 108 valence electrons. The van der Waals surface area contributed by atoms with Crippen LogP contribution in [0.25, 0.3) is 0 Å². The Kier molecular flexibility index (Phi) is 4.89. The summed E-state index contributed by atoms with van der Waals surface area (Å²) in [5.74, 6) is -1.85. The summed E-state index contributed by atoms with van der Waals surface area (Å²) in [4.78, 5) is 34.4. The third-order valence-corrected chi connectivity index (χ3v) is 2.97. The number of carboxylic acid groups (broad SMARTS) is 1. The Morgan fingerprint density at radius 2 is 1.85 bits per heavy atom. The summed E-state index contributed by atoms with van der Waals surface area (Å²) in [5.41, 5.74) is -0.422. The molecule has 0 saturated carbocycles. The monoisotopic (exact) mass is 297 g/mol. The zero-order valence-corrected chi connectivity index (χ0v) is 12.2. The van der Waals surface area contributed by atoms with Gasteiger partial charge in [0.2, 0.25) is 5.91 Å². The van der Waals surface area contributed by atoms with Crippen molar-refractivity contribution in [2.45, 2.75) is 27.2 Å². The molecule has 1 amide bonds. The van der Waals surface area contributed by atoms with Crippen LogP contribution >= 0.6 is 11.6 Å². The standard InChI is InChI=1S/C14H16ClNO4/c1-14(2,3)11(17)7-12(18)16-10-6-8(13(19)20)4-5-9(10)15/h4-6H,7H2,1-3H3,(H,16,18)(H,19,20). The molecule has 0 atom stereocenters. The summed E-state index contributed by atoms with van der Waals surface area (Å²) < 4.78 is 0. The van der Waals surface area contributed by atoms with Crippen molar-refractivity contribution in [3.05, 3.63) is 28.8 Å². The second kappa shape index (κ2) is 6.05. The summed E-state index contributed by atoms with van der Waals surface area (Å²) in [6, 6.07) is 3.97. The molecule has 0 saturated heterocycles. The number of hydrogen-bond acceptors (Lipinski definition) is 3. The van der Waals surface area contributed by atoms with Gasteiger partial charge < -0.3 is 10.4 Å². The van der Waals surface area contributed by atoms with Gasteiger partial charge in [-0.3, -0.25) is 9.59 Å². The summed E-state index contributed by atoms with van der Waals surface area (Å²) in [5, 5.41) is 11.5. The summed E-state index contributed by atoms with van der Waals surface area (Å²) in [7, 11) is 0. The van der Waals surface area contributed by atoms with E-state index in [0.29, 0.717) is 0 Å². The Morgan fingerprint density at radius 1 is 1.25 bits per heavy atom. The van der Waals surface area contributed by atoms with E-state index in [1.165, 1.54) is 18.2 Å². The Hall–Kier alpha value is -1.88. The summed E-state index contributed by atoms with van der Waals surface area (Å²) in [6.07, 6.45) is -0.281. The van der Waals surface area contributed by atoms with Crippen molar-refractivity contribution in [1.29, 1.82) is 0 Å². The van der Waals surface area contributed by atoms with Gasteiger partial charge in [-0.05, 0) is 18.2 Å². The van der Waals surface area contributed by atoms with Gasteiger partial charge >= 0.3 is 5.97 Å². The lowest BCUT2D eigenvalue weighted by molar-refractivity contribution is -0.130. The molecule has 6 heteroatoms. The van der Waals surface area contributed by atoms with E-state index in [2.05, 4.69) is 5.32 Å². The highest BCUT2D eigenvalue weighted by Crippen LogP contribution is 2.24. The highest BCUT2D eigenvalue weighted by molar-refractivity contribution is 6.34. The number of carbonyl (C=O) groups excluding carboxylic acids is 2. The van der Waals surface area contributed by atoms with Crippen LogP contribution in [0.1, 0.15) is 37.6 Å². The SMILES string of the molecule is CC(C)(C)C(=O)CC(=O)Nc1cc(C(=O)O)ccc1Cl. The van der Waals surface area contributed by atoms with Crippen LogP contribution in [0, 0.1) is 5.41 Å².